The molecule has 3 rings (SSSR count). The zero-order valence-corrected chi connectivity index (χ0v) is 18.8. The molecule has 4 nitrogen and oxygen atoms in total. The second kappa shape index (κ2) is 10.7. The van der Waals surface area contributed by atoms with E-state index < -0.39 is 0 Å². The second-order valence-corrected chi connectivity index (χ2v) is 8.62. The Hall–Kier alpha value is -2.01. The van der Waals surface area contributed by atoms with E-state index in [-0.39, 0.29) is 5.91 Å². The molecule has 0 radical (unpaired) electrons. The van der Waals surface area contributed by atoms with Gasteiger partial charge in [-0.3, -0.25) is 4.79 Å². The lowest BCUT2D eigenvalue weighted by Crippen LogP contribution is -2.15. The van der Waals surface area contributed by atoms with Crippen molar-refractivity contribution in [1.29, 1.82) is 0 Å². The van der Waals surface area contributed by atoms with Gasteiger partial charge in [-0.1, -0.05) is 53.9 Å². The van der Waals surface area contributed by atoms with Gasteiger partial charge in [0.15, 0.2) is 11.5 Å². The van der Waals surface area contributed by atoms with E-state index in [4.69, 9.17) is 9.47 Å². The lowest BCUT2D eigenvalue weighted by molar-refractivity contribution is -0.115. The number of amides is 1. The molecule has 1 N–H and O–H groups in total. The fourth-order valence-corrected chi connectivity index (χ4v) is 4.11. The van der Waals surface area contributed by atoms with Crippen molar-refractivity contribution in [3.8, 4) is 11.5 Å². The number of methoxy groups -OCH3 is 1. The predicted molar refractivity (Wildman–Crippen MR) is 121 cm³/mol. The van der Waals surface area contributed by atoms with Gasteiger partial charge in [-0.15, -0.1) is 0 Å². The first-order valence-corrected chi connectivity index (χ1v) is 11.5. The molecule has 156 valence electrons. The topological polar surface area (TPSA) is 47.6 Å². The van der Waals surface area contributed by atoms with Crippen LogP contribution in [0.15, 0.2) is 42.5 Å². The van der Waals surface area contributed by atoms with Gasteiger partial charge in [0.25, 0.3) is 0 Å². The maximum Gasteiger partial charge on any atom is 0.228 e. The van der Waals surface area contributed by atoms with E-state index in [0.717, 1.165) is 22.5 Å². The zero-order chi connectivity index (χ0) is 20.6. The smallest absolute Gasteiger partial charge is 0.228 e. The average molecular weight is 460 g/mol. The van der Waals surface area contributed by atoms with Crippen LogP contribution in [0.25, 0.3) is 0 Å². The lowest BCUT2D eigenvalue weighted by atomic mass is 9.79. The molecule has 0 unspecified atom stereocenters. The summed E-state index contributed by atoms with van der Waals surface area (Å²) in [5.41, 5.74) is 3.10. The number of nitrogens with one attached hydrogen (secondary N) is 1. The Morgan fingerprint density at radius 3 is 2.62 bits per heavy atom. The van der Waals surface area contributed by atoms with Crippen LogP contribution in [0.1, 0.15) is 49.7 Å². The van der Waals surface area contributed by atoms with Gasteiger partial charge in [0.1, 0.15) is 0 Å². The number of carbonyl (C=O) groups is 1. The summed E-state index contributed by atoms with van der Waals surface area (Å²) in [6.45, 7) is 2.90. The summed E-state index contributed by atoms with van der Waals surface area (Å²) < 4.78 is 11.0. The Kier molecular flexibility index (Phi) is 7.99. The fourth-order valence-electron chi connectivity index (χ4n) is 3.94. The van der Waals surface area contributed by atoms with Crippen LogP contribution in [0, 0.1) is 5.92 Å². The summed E-state index contributed by atoms with van der Waals surface area (Å²) in [6, 6.07) is 14.0. The van der Waals surface area contributed by atoms with Crippen LogP contribution in [-0.2, 0) is 11.2 Å². The van der Waals surface area contributed by atoms with Gasteiger partial charge in [-0.25, -0.2) is 0 Å². The fraction of sp³-hybridized carbons (Fsp3) is 0.458. The highest BCUT2D eigenvalue weighted by atomic mass is 79.9. The Morgan fingerprint density at radius 1 is 1.10 bits per heavy atom. The highest BCUT2D eigenvalue weighted by molar-refractivity contribution is 9.09. The van der Waals surface area contributed by atoms with Crippen LogP contribution in [0.5, 0.6) is 11.5 Å². The SMILES string of the molecule is COc1cc(CC(=O)Nc2cccc(C3CCC(C)CC3)c2)ccc1OCCBr. The molecule has 0 atom stereocenters. The van der Waals surface area contributed by atoms with Gasteiger partial charge in [-0.05, 0) is 60.1 Å². The Bertz CT molecular complexity index is 816. The summed E-state index contributed by atoms with van der Waals surface area (Å²) in [7, 11) is 1.61. The molecular formula is C24H30BrNO3. The van der Waals surface area contributed by atoms with E-state index in [1.165, 1.54) is 31.2 Å². The van der Waals surface area contributed by atoms with Crippen molar-refractivity contribution in [2.45, 2.75) is 44.9 Å². The van der Waals surface area contributed by atoms with Gasteiger partial charge < -0.3 is 14.8 Å². The quantitative estimate of drug-likeness (QED) is 0.496. The van der Waals surface area contributed by atoms with Crippen molar-refractivity contribution in [1.82, 2.24) is 0 Å². The van der Waals surface area contributed by atoms with E-state index in [1.807, 2.05) is 30.3 Å². The molecule has 0 heterocycles. The third-order valence-electron chi connectivity index (χ3n) is 5.59. The van der Waals surface area contributed by atoms with Crippen LogP contribution in [0.2, 0.25) is 0 Å². The van der Waals surface area contributed by atoms with Gasteiger partial charge in [0.2, 0.25) is 5.91 Å². The van der Waals surface area contributed by atoms with Crippen molar-refractivity contribution in [3.63, 3.8) is 0 Å². The van der Waals surface area contributed by atoms with E-state index in [0.29, 0.717) is 30.4 Å². The van der Waals surface area contributed by atoms with Crippen LogP contribution >= 0.6 is 15.9 Å². The van der Waals surface area contributed by atoms with Crippen LogP contribution in [0.3, 0.4) is 0 Å². The number of benzene rings is 2. The monoisotopic (exact) mass is 459 g/mol. The third kappa shape index (κ3) is 6.23. The first-order valence-electron chi connectivity index (χ1n) is 10.3. The van der Waals surface area contributed by atoms with Crippen molar-refractivity contribution in [2.75, 3.05) is 24.4 Å². The van der Waals surface area contributed by atoms with Crippen molar-refractivity contribution >= 4 is 27.5 Å². The van der Waals surface area contributed by atoms with Crippen molar-refractivity contribution in [2.24, 2.45) is 5.92 Å². The van der Waals surface area contributed by atoms with E-state index >= 15 is 0 Å². The molecule has 0 aromatic heterocycles. The number of anilines is 1. The summed E-state index contributed by atoms with van der Waals surface area (Å²) >= 11 is 3.35. The summed E-state index contributed by atoms with van der Waals surface area (Å²) in [5.74, 6) is 2.74. The van der Waals surface area contributed by atoms with Gasteiger partial charge in [0.05, 0.1) is 20.1 Å². The molecule has 0 aliphatic heterocycles. The first-order chi connectivity index (χ1) is 14.1. The average Bonchev–Trinajstić information content (AvgIpc) is 2.73. The Morgan fingerprint density at radius 2 is 1.90 bits per heavy atom. The lowest BCUT2D eigenvalue weighted by Gasteiger charge is -2.26. The Labute approximate surface area is 182 Å². The Balaban J connectivity index is 1.61. The van der Waals surface area contributed by atoms with E-state index in [2.05, 4.69) is 40.3 Å². The van der Waals surface area contributed by atoms with E-state index in [9.17, 15) is 4.79 Å². The molecule has 1 saturated carbocycles. The minimum absolute atomic E-state index is 0.0319. The summed E-state index contributed by atoms with van der Waals surface area (Å²) in [5, 5.41) is 3.80. The predicted octanol–water partition coefficient (Wildman–Crippen LogP) is 5.94. The molecule has 2 aromatic rings. The second-order valence-electron chi connectivity index (χ2n) is 7.83. The largest absolute Gasteiger partial charge is 0.493 e. The van der Waals surface area contributed by atoms with Crippen LogP contribution in [-0.4, -0.2) is 25.0 Å². The van der Waals surface area contributed by atoms with Crippen LogP contribution in [0.4, 0.5) is 5.69 Å². The number of rotatable bonds is 8. The third-order valence-corrected chi connectivity index (χ3v) is 5.91. The standard InChI is InChI=1S/C24H30BrNO3/c1-17-6-9-19(10-7-17)20-4-3-5-21(16-20)26-24(27)15-18-8-11-22(29-13-12-25)23(14-18)28-2/h3-5,8,11,14,16-17,19H,6-7,9-10,12-13,15H2,1-2H3,(H,26,27). The summed E-state index contributed by atoms with van der Waals surface area (Å²) in [6.07, 6.45) is 5.35. The number of halogens is 1. The molecule has 29 heavy (non-hydrogen) atoms. The van der Waals surface area contributed by atoms with Gasteiger partial charge in [-0.2, -0.15) is 0 Å². The van der Waals surface area contributed by atoms with Gasteiger partial charge >= 0.3 is 0 Å². The highest BCUT2D eigenvalue weighted by Crippen LogP contribution is 2.36. The molecule has 1 aliphatic carbocycles. The minimum atomic E-state index is -0.0319. The first kappa shape index (κ1) is 21.7. The number of ether oxygens (including phenoxy) is 2. The minimum Gasteiger partial charge on any atom is -0.493 e. The zero-order valence-electron chi connectivity index (χ0n) is 17.2. The molecule has 5 heteroatoms. The molecule has 1 fully saturated rings. The molecule has 0 bridgehead atoms. The number of hydrogen-bond donors (Lipinski definition) is 1. The maximum atomic E-state index is 12.6. The van der Waals surface area contributed by atoms with Gasteiger partial charge in [0, 0.05) is 11.0 Å². The van der Waals surface area contributed by atoms with Crippen molar-refractivity contribution < 1.29 is 14.3 Å². The molecule has 1 amide bonds. The molecule has 0 saturated heterocycles. The number of hydrogen-bond acceptors (Lipinski definition) is 3. The number of alkyl halides is 1. The molecule has 1 aliphatic rings. The van der Waals surface area contributed by atoms with Crippen molar-refractivity contribution in [3.05, 3.63) is 53.6 Å². The normalized spacial score (nSPS) is 18.9. The van der Waals surface area contributed by atoms with Crippen LogP contribution < -0.4 is 14.8 Å². The highest BCUT2D eigenvalue weighted by Gasteiger charge is 2.20. The maximum absolute atomic E-state index is 12.6. The van der Waals surface area contributed by atoms with E-state index in [1.54, 1.807) is 7.11 Å². The molecule has 2 aromatic carbocycles. The number of carbonyl (C=O) groups excluding carboxylic acids is 1. The molecular weight excluding hydrogens is 430 g/mol. The summed E-state index contributed by atoms with van der Waals surface area (Å²) in [4.78, 5) is 12.6. The molecule has 0 spiro atoms.